The summed E-state index contributed by atoms with van der Waals surface area (Å²) in [6.45, 7) is 2.26. The van der Waals surface area contributed by atoms with Crippen molar-refractivity contribution in [3.8, 4) is 10.8 Å². The number of thiophene rings is 1. The lowest BCUT2D eigenvalue weighted by molar-refractivity contribution is -0.145. The molecule has 0 bridgehead atoms. The molecule has 0 aliphatic carbocycles. The van der Waals surface area contributed by atoms with Gasteiger partial charge in [0.25, 0.3) is 0 Å². The number of aromatic nitrogens is 2. The van der Waals surface area contributed by atoms with Gasteiger partial charge >= 0.3 is 5.97 Å². The molecule has 0 aliphatic rings. The quantitative estimate of drug-likeness (QED) is 0.499. The van der Waals surface area contributed by atoms with E-state index in [0.29, 0.717) is 11.6 Å². The monoisotopic (exact) mass is 352 g/mol. The maximum absolute atomic E-state index is 12.2. The van der Waals surface area contributed by atoms with Crippen LogP contribution in [-0.2, 0) is 22.7 Å². The minimum atomic E-state index is -0.301. The Morgan fingerprint density at radius 3 is 3.00 bits per heavy atom. The van der Waals surface area contributed by atoms with E-state index in [0.717, 1.165) is 21.5 Å². The molecule has 0 fully saturated rings. The van der Waals surface area contributed by atoms with Crippen LogP contribution in [0.15, 0.2) is 58.5 Å². The fraction of sp³-hybridized carbons (Fsp3) is 0.158. The smallest absolute Gasteiger partial charge is 0.326 e. The molecule has 3 aromatic heterocycles. The summed E-state index contributed by atoms with van der Waals surface area (Å²) in [4.78, 5) is 17.5. The largest absolute Gasteiger partial charge is 0.458 e. The molecule has 3 heterocycles. The molecule has 25 heavy (non-hydrogen) atoms. The van der Waals surface area contributed by atoms with Crippen molar-refractivity contribution < 1.29 is 13.9 Å². The number of fused-ring (bicyclic) bond motifs is 1. The number of carbonyl (C=O) groups excluding carboxylic acids is 1. The maximum atomic E-state index is 12.2. The van der Waals surface area contributed by atoms with Crippen LogP contribution >= 0.6 is 11.3 Å². The first-order valence-electron chi connectivity index (χ1n) is 7.89. The number of aryl methyl sites for hydroxylation is 1. The fourth-order valence-electron chi connectivity index (χ4n) is 2.77. The molecule has 0 N–H and O–H groups in total. The zero-order chi connectivity index (χ0) is 17.2. The van der Waals surface area contributed by atoms with Gasteiger partial charge in [-0.25, -0.2) is 4.98 Å². The molecule has 4 rings (SSSR count). The highest BCUT2D eigenvalue weighted by molar-refractivity contribution is 7.13. The van der Waals surface area contributed by atoms with E-state index in [-0.39, 0.29) is 19.1 Å². The van der Waals surface area contributed by atoms with E-state index in [1.54, 1.807) is 11.3 Å². The number of para-hydroxylation sites is 1. The van der Waals surface area contributed by atoms with E-state index in [1.807, 2.05) is 53.3 Å². The average Bonchev–Trinajstić information content (AvgIpc) is 3.33. The van der Waals surface area contributed by atoms with E-state index < -0.39 is 0 Å². The highest BCUT2D eigenvalue weighted by Gasteiger charge is 2.12. The van der Waals surface area contributed by atoms with Gasteiger partial charge in [-0.3, -0.25) is 4.79 Å². The number of hydrogen-bond acceptors (Lipinski definition) is 5. The Labute approximate surface area is 148 Å². The van der Waals surface area contributed by atoms with E-state index >= 15 is 0 Å². The minimum Gasteiger partial charge on any atom is -0.458 e. The first kappa shape index (κ1) is 15.7. The molecule has 0 saturated heterocycles. The highest BCUT2D eigenvalue weighted by Crippen LogP contribution is 2.24. The first-order chi connectivity index (χ1) is 12.2. The third-order valence-electron chi connectivity index (χ3n) is 3.97. The highest BCUT2D eigenvalue weighted by atomic mass is 32.1. The standard InChI is InChI=1S/C19H16N2O3S/c1-13-9-14-5-2-3-6-16(14)21(13)10-18(22)23-11-15-12-24-19(20-15)17-7-4-8-25-17/h2-9,12H,10-11H2,1H3. The van der Waals surface area contributed by atoms with Crippen molar-refractivity contribution >= 4 is 28.2 Å². The molecule has 1 aromatic carbocycles. The van der Waals surface area contributed by atoms with Crippen LogP contribution in [0.4, 0.5) is 0 Å². The molecule has 126 valence electrons. The number of ether oxygens (including phenoxy) is 1. The van der Waals surface area contributed by atoms with Gasteiger partial charge in [-0.15, -0.1) is 11.3 Å². The summed E-state index contributed by atoms with van der Waals surface area (Å²) in [6.07, 6.45) is 1.53. The lowest BCUT2D eigenvalue weighted by atomic mass is 10.2. The summed E-state index contributed by atoms with van der Waals surface area (Å²) < 4.78 is 12.7. The summed E-state index contributed by atoms with van der Waals surface area (Å²) >= 11 is 1.55. The molecule has 4 aromatic rings. The van der Waals surface area contributed by atoms with Gasteiger partial charge in [-0.1, -0.05) is 24.3 Å². The number of benzene rings is 1. The third kappa shape index (κ3) is 3.21. The van der Waals surface area contributed by atoms with Gasteiger partial charge in [-0.05, 0) is 35.9 Å². The van der Waals surface area contributed by atoms with Crippen LogP contribution in [0.5, 0.6) is 0 Å². The molecule has 0 radical (unpaired) electrons. The summed E-state index contributed by atoms with van der Waals surface area (Å²) in [5.74, 6) is 0.249. The molecule has 0 saturated carbocycles. The Morgan fingerprint density at radius 1 is 1.28 bits per heavy atom. The average molecular weight is 352 g/mol. The Balaban J connectivity index is 1.42. The molecular weight excluding hydrogens is 336 g/mol. The van der Waals surface area contributed by atoms with Crippen molar-refractivity contribution in [2.45, 2.75) is 20.1 Å². The molecule has 0 unspecified atom stereocenters. The molecule has 0 amide bonds. The SMILES string of the molecule is Cc1cc2ccccc2n1CC(=O)OCc1coc(-c2cccs2)n1. The second kappa shape index (κ2) is 6.57. The van der Waals surface area contributed by atoms with E-state index in [1.165, 1.54) is 6.26 Å². The van der Waals surface area contributed by atoms with Gasteiger partial charge in [0, 0.05) is 11.2 Å². The van der Waals surface area contributed by atoms with Crippen molar-refractivity contribution in [3.05, 3.63) is 65.5 Å². The molecule has 6 heteroatoms. The predicted molar refractivity (Wildman–Crippen MR) is 96.3 cm³/mol. The summed E-state index contributed by atoms with van der Waals surface area (Å²) in [5.41, 5.74) is 2.66. The Kier molecular flexibility index (Phi) is 4.11. The van der Waals surface area contributed by atoms with Gasteiger partial charge in [0.1, 0.15) is 25.1 Å². The second-order valence-electron chi connectivity index (χ2n) is 5.71. The molecule has 5 nitrogen and oxygen atoms in total. The Bertz CT molecular complexity index is 1010. The molecular formula is C19H16N2O3S. The summed E-state index contributed by atoms with van der Waals surface area (Å²) in [5, 5.41) is 3.08. The second-order valence-corrected chi connectivity index (χ2v) is 6.66. The normalized spacial score (nSPS) is 11.1. The summed E-state index contributed by atoms with van der Waals surface area (Å²) in [6, 6.07) is 13.9. The van der Waals surface area contributed by atoms with E-state index in [2.05, 4.69) is 11.1 Å². The van der Waals surface area contributed by atoms with E-state index in [9.17, 15) is 4.79 Å². The summed E-state index contributed by atoms with van der Waals surface area (Å²) in [7, 11) is 0. The molecule has 0 aliphatic heterocycles. The Morgan fingerprint density at radius 2 is 2.16 bits per heavy atom. The van der Waals surface area contributed by atoms with Crippen LogP contribution in [0.2, 0.25) is 0 Å². The fourth-order valence-corrected chi connectivity index (χ4v) is 3.43. The zero-order valence-corrected chi connectivity index (χ0v) is 14.5. The number of carbonyl (C=O) groups is 1. The lowest BCUT2D eigenvalue weighted by Gasteiger charge is -2.08. The van der Waals surface area contributed by atoms with Gasteiger partial charge in [0.05, 0.1) is 4.88 Å². The van der Waals surface area contributed by atoms with Gasteiger partial charge in [0.15, 0.2) is 0 Å². The van der Waals surface area contributed by atoms with Crippen molar-refractivity contribution in [1.29, 1.82) is 0 Å². The van der Waals surface area contributed by atoms with Gasteiger partial charge < -0.3 is 13.7 Å². The van der Waals surface area contributed by atoms with Crippen molar-refractivity contribution in [2.75, 3.05) is 0 Å². The lowest BCUT2D eigenvalue weighted by Crippen LogP contribution is -2.14. The van der Waals surface area contributed by atoms with Crippen molar-refractivity contribution in [2.24, 2.45) is 0 Å². The minimum absolute atomic E-state index is 0.103. The van der Waals surface area contributed by atoms with Crippen molar-refractivity contribution in [1.82, 2.24) is 9.55 Å². The first-order valence-corrected chi connectivity index (χ1v) is 8.77. The van der Waals surface area contributed by atoms with Gasteiger partial charge in [0.2, 0.25) is 5.89 Å². The maximum Gasteiger partial charge on any atom is 0.326 e. The predicted octanol–water partition coefficient (Wildman–Crippen LogP) is 4.41. The zero-order valence-electron chi connectivity index (χ0n) is 13.6. The van der Waals surface area contributed by atoms with Crippen LogP contribution in [-0.4, -0.2) is 15.5 Å². The number of nitrogens with zero attached hydrogens (tertiary/aromatic N) is 2. The number of oxazole rings is 1. The Hall–Kier alpha value is -2.86. The molecule has 0 atom stereocenters. The molecule has 0 spiro atoms. The number of esters is 1. The van der Waals surface area contributed by atoms with Crippen molar-refractivity contribution in [3.63, 3.8) is 0 Å². The third-order valence-corrected chi connectivity index (χ3v) is 4.83. The number of rotatable bonds is 5. The van der Waals surface area contributed by atoms with Crippen LogP contribution in [0, 0.1) is 6.92 Å². The van der Waals surface area contributed by atoms with E-state index in [4.69, 9.17) is 9.15 Å². The number of hydrogen-bond donors (Lipinski definition) is 0. The topological polar surface area (TPSA) is 57.3 Å². The van der Waals surface area contributed by atoms with Crippen LogP contribution in [0.3, 0.4) is 0 Å². The van der Waals surface area contributed by atoms with Crippen LogP contribution in [0.25, 0.3) is 21.7 Å². The van der Waals surface area contributed by atoms with Gasteiger partial charge in [-0.2, -0.15) is 0 Å². The van der Waals surface area contributed by atoms with Crippen LogP contribution in [0.1, 0.15) is 11.4 Å². The van der Waals surface area contributed by atoms with Crippen LogP contribution < -0.4 is 0 Å².